The molecular formula is C14H20O8. The third-order valence-electron chi connectivity index (χ3n) is 3.46. The van der Waals surface area contributed by atoms with Crippen LogP contribution in [0.4, 0.5) is 0 Å². The van der Waals surface area contributed by atoms with Crippen LogP contribution in [0.1, 0.15) is 0 Å². The fourth-order valence-electron chi connectivity index (χ4n) is 2.16. The van der Waals surface area contributed by atoms with Gasteiger partial charge in [-0.1, -0.05) is 0 Å². The number of hydrogen-bond acceptors (Lipinski definition) is 8. The smallest absolute Gasteiger partial charge is 0.229 e. The average Bonchev–Trinajstić information content (AvgIpc) is 2.55. The Hall–Kier alpha value is -1.58. The normalized spacial score (nSPS) is 31.6. The van der Waals surface area contributed by atoms with E-state index in [4.69, 9.17) is 24.1 Å². The van der Waals surface area contributed by atoms with Gasteiger partial charge in [0.15, 0.2) is 11.5 Å². The zero-order chi connectivity index (χ0) is 16.3. The monoisotopic (exact) mass is 316 g/mol. The van der Waals surface area contributed by atoms with E-state index < -0.39 is 37.3 Å². The number of benzene rings is 1. The van der Waals surface area contributed by atoms with Crippen molar-refractivity contribution in [2.45, 2.75) is 30.7 Å². The molecule has 0 aliphatic carbocycles. The van der Waals surface area contributed by atoms with Crippen LogP contribution in [0.5, 0.6) is 17.2 Å². The third-order valence-corrected chi connectivity index (χ3v) is 3.46. The topological polar surface area (TPSA) is 118 Å². The van der Waals surface area contributed by atoms with Crippen LogP contribution in [0.25, 0.3) is 0 Å². The summed E-state index contributed by atoms with van der Waals surface area (Å²) in [5.74, 6) is 1.15. The Balaban J connectivity index is 2.18. The van der Waals surface area contributed by atoms with Gasteiger partial charge in [-0.2, -0.15) is 0 Å². The molecule has 1 aromatic carbocycles. The first-order chi connectivity index (χ1) is 10.5. The molecule has 5 atom stereocenters. The third kappa shape index (κ3) is 3.26. The minimum Gasteiger partial charge on any atom is -0.497 e. The van der Waals surface area contributed by atoms with E-state index in [2.05, 4.69) is 0 Å². The molecule has 124 valence electrons. The summed E-state index contributed by atoms with van der Waals surface area (Å²) in [6.45, 7) is -0.523. The molecule has 1 saturated heterocycles. The maximum absolute atomic E-state index is 9.94. The Kier molecular flexibility index (Phi) is 5.43. The van der Waals surface area contributed by atoms with E-state index in [1.165, 1.54) is 14.2 Å². The van der Waals surface area contributed by atoms with Gasteiger partial charge in [0.05, 0.1) is 20.8 Å². The van der Waals surface area contributed by atoms with Crippen LogP contribution in [0.3, 0.4) is 0 Å². The summed E-state index contributed by atoms with van der Waals surface area (Å²) >= 11 is 0. The van der Waals surface area contributed by atoms with Crippen molar-refractivity contribution < 1.29 is 39.4 Å². The molecule has 1 heterocycles. The van der Waals surface area contributed by atoms with Gasteiger partial charge in [0.1, 0.15) is 30.2 Å². The second-order valence-electron chi connectivity index (χ2n) is 4.83. The molecule has 0 spiro atoms. The molecule has 1 aliphatic rings. The van der Waals surface area contributed by atoms with Crippen LogP contribution in [-0.4, -0.2) is 72.0 Å². The first-order valence-electron chi connectivity index (χ1n) is 6.71. The fraction of sp³-hybridized carbons (Fsp3) is 0.571. The molecule has 8 nitrogen and oxygen atoms in total. The minimum absolute atomic E-state index is 0.257. The second-order valence-corrected chi connectivity index (χ2v) is 4.83. The van der Waals surface area contributed by atoms with Gasteiger partial charge in [-0.15, -0.1) is 0 Å². The SMILES string of the molecule is COc1ccc(O[C@@H]2O[C@H](CO)[C@@H](O)[C@H](O)[C@@H]2O)c(OC)c1. The molecule has 0 unspecified atom stereocenters. The van der Waals surface area contributed by atoms with Crippen molar-refractivity contribution in [1.82, 2.24) is 0 Å². The van der Waals surface area contributed by atoms with E-state index in [9.17, 15) is 15.3 Å². The first-order valence-corrected chi connectivity index (χ1v) is 6.71. The molecular weight excluding hydrogens is 296 g/mol. The van der Waals surface area contributed by atoms with Crippen LogP contribution in [-0.2, 0) is 4.74 Å². The molecule has 0 bridgehead atoms. The van der Waals surface area contributed by atoms with Gasteiger partial charge in [0.25, 0.3) is 0 Å². The number of aliphatic hydroxyl groups excluding tert-OH is 4. The molecule has 4 N–H and O–H groups in total. The molecule has 0 amide bonds. The summed E-state index contributed by atoms with van der Waals surface area (Å²) in [7, 11) is 2.95. The summed E-state index contributed by atoms with van der Waals surface area (Å²) in [6.07, 6.45) is -6.71. The summed E-state index contributed by atoms with van der Waals surface area (Å²) < 4.78 is 21.0. The lowest BCUT2D eigenvalue weighted by molar-refractivity contribution is -0.277. The standard InChI is InChI=1S/C14H20O8/c1-19-7-3-4-8(9(5-7)20-2)21-14-13(18)12(17)11(16)10(6-15)22-14/h3-5,10-18H,6H2,1-2H3/t10-,11-,12+,13+,14-/m1/s1. The van der Waals surface area contributed by atoms with Crippen LogP contribution >= 0.6 is 0 Å². The number of aliphatic hydroxyl groups is 4. The Morgan fingerprint density at radius 3 is 2.32 bits per heavy atom. The molecule has 2 rings (SSSR count). The highest BCUT2D eigenvalue weighted by Gasteiger charge is 2.44. The van der Waals surface area contributed by atoms with Crippen molar-refractivity contribution in [2.24, 2.45) is 0 Å². The predicted octanol–water partition coefficient (Wildman–Crippen LogP) is -1.12. The first kappa shape index (κ1) is 16.8. The number of ether oxygens (including phenoxy) is 4. The van der Waals surface area contributed by atoms with Gasteiger partial charge in [-0.25, -0.2) is 0 Å². The van der Waals surface area contributed by atoms with Crippen molar-refractivity contribution >= 4 is 0 Å². The van der Waals surface area contributed by atoms with Gasteiger partial charge in [0.2, 0.25) is 6.29 Å². The molecule has 0 aromatic heterocycles. The van der Waals surface area contributed by atoms with Crippen molar-refractivity contribution in [3.05, 3.63) is 18.2 Å². The molecule has 8 heteroatoms. The van der Waals surface area contributed by atoms with Crippen molar-refractivity contribution in [1.29, 1.82) is 0 Å². The highest BCUT2D eigenvalue weighted by atomic mass is 16.7. The van der Waals surface area contributed by atoms with E-state index in [1.54, 1.807) is 18.2 Å². The zero-order valence-corrected chi connectivity index (χ0v) is 12.2. The second kappa shape index (κ2) is 7.12. The van der Waals surface area contributed by atoms with E-state index in [1.807, 2.05) is 0 Å². The van der Waals surface area contributed by atoms with Crippen molar-refractivity contribution in [3.8, 4) is 17.2 Å². The van der Waals surface area contributed by atoms with Crippen LogP contribution < -0.4 is 14.2 Å². The molecule has 1 aromatic rings. The molecule has 1 aliphatic heterocycles. The number of methoxy groups -OCH3 is 2. The summed E-state index contributed by atoms with van der Waals surface area (Å²) in [6, 6.07) is 4.76. The zero-order valence-electron chi connectivity index (χ0n) is 12.2. The van der Waals surface area contributed by atoms with Crippen LogP contribution in [0, 0.1) is 0 Å². The maximum atomic E-state index is 9.94. The van der Waals surface area contributed by atoms with E-state index in [-0.39, 0.29) is 5.75 Å². The lowest BCUT2D eigenvalue weighted by atomic mass is 9.99. The summed E-state index contributed by atoms with van der Waals surface area (Å²) in [5.41, 5.74) is 0. The van der Waals surface area contributed by atoms with Gasteiger partial charge in [-0.3, -0.25) is 0 Å². The lowest BCUT2D eigenvalue weighted by Gasteiger charge is -2.39. The minimum atomic E-state index is -1.50. The molecule has 1 fully saturated rings. The van der Waals surface area contributed by atoms with Crippen LogP contribution in [0.15, 0.2) is 18.2 Å². The highest BCUT2D eigenvalue weighted by molar-refractivity contribution is 5.45. The maximum Gasteiger partial charge on any atom is 0.229 e. The number of hydrogen-bond donors (Lipinski definition) is 4. The van der Waals surface area contributed by atoms with Gasteiger partial charge in [-0.05, 0) is 12.1 Å². The summed E-state index contributed by atoms with van der Waals surface area (Å²) in [5, 5.41) is 38.5. The van der Waals surface area contributed by atoms with Crippen LogP contribution in [0.2, 0.25) is 0 Å². The Morgan fingerprint density at radius 2 is 1.73 bits per heavy atom. The lowest BCUT2D eigenvalue weighted by Crippen LogP contribution is -2.60. The highest BCUT2D eigenvalue weighted by Crippen LogP contribution is 2.33. The Labute approximate surface area is 127 Å². The summed E-state index contributed by atoms with van der Waals surface area (Å²) in [4.78, 5) is 0. The Bertz CT molecular complexity index is 492. The van der Waals surface area contributed by atoms with Crippen molar-refractivity contribution in [2.75, 3.05) is 20.8 Å². The number of rotatable bonds is 5. The predicted molar refractivity (Wildman–Crippen MR) is 73.9 cm³/mol. The Morgan fingerprint density at radius 1 is 1.00 bits per heavy atom. The van der Waals surface area contributed by atoms with Gasteiger partial charge < -0.3 is 39.4 Å². The molecule has 22 heavy (non-hydrogen) atoms. The van der Waals surface area contributed by atoms with Crippen molar-refractivity contribution in [3.63, 3.8) is 0 Å². The van der Waals surface area contributed by atoms with E-state index >= 15 is 0 Å². The molecule has 0 saturated carbocycles. The molecule has 0 radical (unpaired) electrons. The fourth-order valence-corrected chi connectivity index (χ4v) is 2.16. The van der Waals surface area contributed by atoms with Gasteiger partial charge >= 0.3 is 0 Å². The average molecular weight is 316 g/mol. The van der Waals surface area contributed by atoms with E-state index in [0.29, 0.717) is 11.5 Å². The van der Waals surface area contributed by atoms with E-state index in [0.717, 1.165) is 0 Å². The largest absolute Gasteiger partial charge is 0.497 e. The van der Waals surface area contributed by atoms with Gasteiger partial charge in [0, 0.05) is 6.07 Å². The quantitative estimate of drug-likeness (QED) is 0.540.